The van der Waals surface area contributed by atoms with E-state index in [2.05, 4.69) is 21.4 Å². The maximum atomic E-state index is 5.61. The van der Waals surface area contributed by atoms with Gasteiger partial charge in [0.25, 0.3) is 0 Å². The number of aromatic nitrogens is 2. The highest BCUT2D eigenvalue weighted by atomic mass is 16.5. The van der Waals surface area contributed by atoms with E-state index >= 15 is 0 Å². The molecule has 0 saturated carbocycles. The Morgan fingerprint density at radius 1 is 1.12 bits per heavy atom. The van der Waals surface area contributed by atoms with Crippen LogP contribution in [0, 0.1) is 0 Å². The minimum atomic E-state index is 0.224. The minimum absolute atomic E-state index is 0.224. The van der Waals surface area contributed by atoms with Crippen LogP contribution in [0.5, 0.6) is 5.75 Å². The minimum Gasteiger partial charge on any atom is -0.493 e. The van der Waals surface area contributed by atoms with Gasteiger partial charge in [0.15, 0.2) is 0 Å². The first-order chi connectivity index (χ1) is 8.43. The van der Waals surface area contributed by atoms with Crippen LogP contribution in [0.3, 0.4) is 0 Å². The number of ether oxygens (including phenoxy) is 1. The van der Waals surface area contributed by atoms with E-state index in [-0.39, 0.29) is 6.04 Å². The van der Waals surface area contributed by atoms with Crippen LogP contribution in [0.2, 0.25) is 0 Å². The molecule has 0 saturated heterocycles. The van der Waals surface area contributed by atoms with E-state index in [9.17, 15) is 0 Å². The van der Waals surface area contributed by atoms with Crippen molar-refractivity contribution in [2.45, 2.75) is 12.5 Å². The van der Waals surface area contributed by atoms with Crippen molar-refractivity contribution in [2.75, 3.05) is 11.9 Å². The maximum absolute atomic E-state index is 5.61. The average Bonchev–Trinajstić information content (AvgIpc) is 2.40. The van der Waals surface area contributed by atoms with Crippen molar-refractivity contribution in [3.8, 4) is 5.75 Å². The first-order valence-electron chi connectivity index (χ1n) is 5.69. The second kappa shape index (κ2) is 4.41. The Hall–Kier alpha value is -2.10. The van der Waals surface area contributed by atoms with Gasteiger partial charge in [0.05, 0.1) is 12.6 Å². The zero-order chi connectivity index (χ0) is 11.5. The van der Waals surface area contributed by atoms with E-state index in [1.54, 1.807) is 12.4 Å². The van der Waals surface area contributed by atoms with Crippen molar-refractivity contribution >= 4 is 5.95 Å². The summed E-state index contributed by atoms with van der Waals surface area (Å²) >= 11 is 0. The fourth-order valence-electron chi connectivity index (χ4n) is 2.02. The molecule has 1 aliphatic heterocycles. The molecule has 0 aliphatic carbocycles. The van der Waals surface area contributed by atoms with Gasteiger partial charge in [-0.1, -0.05) is 18.2 Å². The second-order valence-electron chi connectivity index (χ2n) is 3.94. The SMILES string of the molecule is c1cnc(N[C@@H]2CCOc3ccccc32)nc1. The molecule has 0 radical (unpaired) electrons. The number of anilines is 1. The standard InChI is InChI=1S/C13H13N3O/c1-2-5-12-10(4-1)11(6-9-17-12)16-13-14-7-3-8-15-13/h1-5,7-8,11H,6,9H2,(H,14,15,16)/t11-/m1/s1. The summed E-state index contributed by atoms with van der Waals surface area (Å²) in [5, 5.41) is 3.33. The fraction of sp³-hybridized carbons (Fsp3) is 0.231. The number of fused-ring (bicyclic) bond motifs is 1. The van der Waals surface area contributed by atoms with E-state index in [1.807, 2.05) is 24.3 Å². The van der Waals surface area contributed by atoms with Gasteiger partial charge in [-0.25, -0.2) is 9.97 Å². The predicted octanol–water partition coefficient (Wildman–Crippen LogP) is 2.41. The number of nitrogens with one attached hydrogen (secondary N) is 1. The molecular weight excluding hydrogens is 214 g/mol. The molecular formula is C13H13N3O. The van der Waals surface area contributed by atoms with Crippen LogP contribution in [-0.4, -0.2) is 16.6 Å². The molecule has 0 amide bonds. The van der Waals surface area contributed by atoms with Gasteiger partial charge >= 0.3 is 0 Å². The van der Waals surface area contributed by atoms with Crippen LogP contribution < -0.4 is 10.1 Å². The van der Waals surface area contributed by atoms with Crippen molar-refractivity contribution in [3.05, 3.63) is 48.3 Å². The Kier molecular flexibility index (Phi) is 2.62. The van der Waals surface area contributed by atoms with Crippen molar-refractivity contribution < 1.29 is 4.74 Å². The summed E-state index contributed by atoms with van der Waals surface area (Å²) in [5.41, 5.74) is 1.17. The molecule has 1 aromatic carbocycles. The van der Waals surface area contributed by atoms with Crippen LogP contribution in [0.15, 0.2) is 42.7 Å². The fourth-order valence-corrected chi connectivity index (χ4v) is 2.02. The van der Waals surface area contributed by atoms with E-state index < -0.39 is 0 Å². The lowest BCUT2D eigenvalue weighted by Gasteiger charge is -2.26. The monoisotopic (exact) mass is 227 g/mol. The normalized spacial score (nSPS) is 18.0. The summed E-state index contributed by atoms with van der Waals surface area (Å²) < 4.78 is 5.61. The Balaban J connectivity index is 1.86. The quantitative estimate of drug-likeness (QED) is 0.855. The van der Waals surface area contributed by atoms with Gasteiger partial charge in [0.2, 0.25) is 5.95 Å². The zero-order valence-corrected chi connectivity index (χ0v) is 9.34. The Bertz CT molecular complexity index is 501. The first kappa shape index (κ1) is 10.1. The van der Waals surface area contributed by atoms with Gasteiger partial charge in [-0.15, -0.1) is 0 Å². The van der Waals surface area contributed by atoms with Crippen molar-refractivity contribution in [1.82, 2.24) is 9.97 Å². The third-order valence-electron chi connectivity index (χ3n) is 2.83. The highest BCUT2D eigenvalue weighted by Crippen LogP contribution is 2.33. The lowest BCUT2D eigenvalue weighted by atomic mass is 10.0. The molecule has 1 aromatic heterocycles. The van der Waals surface area contributed by atoms with Crippen molar-refractivity contribution in [1.29, 1.82) is 0 Å². The summed E-state index contributed by atoms with van der Waals surface area (Å²) in [6.07, 6.45) is 4.40. The van der Waals surface area contributed by atoms with Gasteiger partial charge in [-0.05, 0) is 12.1 Å². The van der Waals surface area contributed by atoms with Gasteiger partial charge < -0.3 is 10.1 Å². The summed E-state index contributed by atoms with van der Waals surface area (Å²) in [5.74, 6) is 1.61. The van der Waals surface area contributed by atoms with E-state index in [0.717, 1.165) is 18.8 Å². The van der Waals surface area contributed by atoms with Crippen LogP contribution in [0.25, 0.3) is 0 Å². The van der Waals surface area contributed by atoms with Crippen molar-refractivity contribution in [3.63, 3.8) is 0 Å². The van der Waals surface area contributed by atoms with Gasteiger partial charge in [-0.3, -0.25) is 0 Å². The largest absolute Gasteiger partial charge is 0.493 e. The molecule has 1 N–H and O–H groups in total. The average molecular weight is 227 g/mol. The third-order valence-corrected chi connectivity index (χ3v) is 2.83. The number of hydrogen-bond acceptors (Lipinski definition) is 4. The van der Waals surface area contributed by atoms with Gasteiger partial charge in [0, 0.05) is 24.4 Å². The molecule has 4 heteroatoms. The number of benzene rings is 1. The molecule has 4 nitrogen and oxygen atoms in total. The molecule has 2 aromatic rings. The highest BCUT2D eigenvalue weighted by molar-refractivity contribution is 5.41. The molecule has 86 valence electrons. The van der Waals surface area contributed by atoms with Crippen LogP contribution in [-0.2, 0) is 0 Å². The third kappa shape index (κ3) is 2.06. The highest BCUT2D eigenvalue weighted by Gasteiger charge is 2.21. The van der Waals surface area contributed by atoms with Crippen LogP contribution >= 0.6 is 0 Å². The topological polar surface area (TPSA) is 47.0 Å². The molecule has 1 aliphatic rings. The van der Waals surface area contributed by atoms with Gasteiger partial charge in [-0.2, -0.15) is 0 Å². The zero-order valence-electron chi connectivity index (χ0n) is 9.34. The van der Waals surface area contributed by atoms with E-state index in [1.165, 1.54) is 5.56 Å². The van der Waals surface area contributed by atoms with Crippen molar-refractivity contribution in [2.24, 2.45) is 0 Å². The Morgan fingerprint density at radius 2 is 1.94 bits per heavy atom. The van der Waals surface area contributed by atoms with Gasteiger partial charge in [0.1, 0.15) is 5.75 Å². The Morgan fingerprint density at radius 3 is 2.82 bits per heavy atom. The number of hydrogen-bond donors (Lipinski definition) is 1. The molecule has 0 unspecified atom stereocenters. The number of rotatable bonds is 2. The lowest BCUT2D eigenvalue weighted by molar-refractivity contribution is 0.274. The molecule has 0 fully saturated rings. The van der Waals surface area contributed by atoms with Crippen LogP contribution in [0.1, 0.15) is 18.0 Å². The predicted molar refractivity (Wildman–Crippen MR) is 64.9 cm³/mol. The summed E-state index contributed by atoms with van der Waals surface area (Å²) in [6.45, 7) is 0.724. The number of para-hydroxylation sites is 1. The van der Waals surface area contributed by atoms with E-state index in [4.69, 9.17) is 4.74 Å². The molecule has 0 spiro atoms. The van der Waals surface area contributed by atoms with Crippen LogP contribution in [0.4, 0.5) is 5.95 Å². The molecule has 3 rings (SSSR count). The summed E-state index contributed by atoms with van der Waals surface area (Å²) in [4.78, 5) is 8.37. The first-order valence-corrected chi connectivity index (χ1v) is 5.69. The lowest BCUT2D eigenvalue weighted by Crippen LogP contribution is -2.21. The number of nitrogens with zero attached hydrogens (tertiary/aromatic N) is 2. The van der Waals surface area contributed by atoms with E-state index in [0.29, 0.717) is 5.95 Å². The molecule has 1 atom stereocenters. The summed E-state index contributed by atoms with van der Waals surface area (Å²) in [7, 11) is 0. The molecule has 17 heavy (non-hydrogen) atoms. The Labute approximate surface area is 99.7 Å². The molecule has 0 bridgehead atoms. The maximum Gasteiger partial charge on any atom is 0.223 e. The molecule has 2 heterocycles. The summed E-state index contributed by atoms with van der Waals surface area (Å²) in [6, 6.07) is 10.1. The second-order valence-corrected chi connectivity index (χ2v) is 3.94. The smallest absolute Gasteiger partial charge is 0.223 e.